The van der Waals surface area contributed by atoms with Crippen molar-refractivity contribution in [3.8, 4) is 5.75 Å². The average Bonchev–Trinajstić information content (AvgIpc) is 3.24. The summed E-state index contributed by atoms with van der Waals surface area (Å²) in [6.45, 7) is 7.92. The molecule has 2 aliphatic rings. The lowest BCUT2D eigenvalue weighted by Gasteiger charge is -2.40. The number of nitrogens with two attached hydrogens (primary N) is 1. The van der Waals surface area contributed by atoms with Gasteiger partial charge in [-0.1, -0.05) is 0 Å². The molecule has 8 nitrogen and oxygen atoms in total. The first-order valence-electron chi connectivity index (χ1n) is 10.6. The number of hydrogen-bond donors (Lipinski definition) is 1. The van der Waals surface area contributed by atoms with E-state index in [1.807, 2.05) is 29.2 Å². The average molecular weight is 452 g/mol. The predicted octanol–water partition coefficient (Wildman–Crippen LogP) is 3.64. The lowest BCUT2D eigenvalue weighted by atomic mass is 10.2. The minimum Gasteiger partial charge on any atom is -0.458 e. The molecule has 0 spiro atoms. The van der Waals surface area contributed by atoms with Crippen molar-refractivity contribution >= 4 is 34.6 Å². The number of aromatic nitrogens is 2. The van der Waals surface area contributed by atoms with Crippen molar-refractivity contribution in [3.63, 3.8) is 0 Å². The van der Waals surface area contributed by atoms with Crippen molar-refractivity contribution in [1.29, 1.82) is 0 Å². The van der Waals surface area contributed by atoms with Gasteiger partial charge in [-0.2, -0.15) is 0 Å². The maximum Gasteiger partial charge on any atom is 0.219 e. The molecule has 9 heteroatoms. The van der Waals surface area contributed by atoms with E-state index < -0.39 is 0 Å². The Labute approximate surface area is 190 Å². The van der Waals surface area contributed by atoms with Crippen LogP contribution in [0.25, 0.3) is 11.1 Å². The lowest BCUT2D eigenvalue weighted by molar-refractivity contribution is -0.132. The number of nitrogen functional groups attached to an aromatic ring is 1. The second-order valence-electron chi connectivity index (χ2n) is 8.21. The van der Waals surface area contributed by atoms with Gasteiger partial charge in [0.15, 0.2) is 10.7 Å². The fraction of sp³-hybridized carbons (Fsp3) is 0.348. The molecule has 0 radical (unpaired) electrons. The summed E-state index contributed by atoms with van der Waals surface area (Å²) in [5.41, 5.74) is 7.34. The van der Waals surface area contributed by atoms with Crippen LogP contribution in [0, 0.1) is 0 Å². The molecule has 32 heavy (non-hydrogen) atoms. The summed E-state index contributed by atoms with van der Waals surface area (Å²) in [6.07, 6.45) is 5.54. The normalized spacial score (nSPS) is 20.6. The van der Waals surface area contributed by atoms with E-state index in [1.54, 1.807) is 19.3 Å². The highest BCUT2D eigenvalue weighted by molar-refractivity contribution is 8.03. The van der Waals surface area contributed by atoms with E-state index in [4.69, 9.17) is 14.9 Å². The van der Waals surface area contributed by atoms with Gasteiger partial charge < -0.3 is 19.8 Å². The van der Waals surface area contributed by atoms with Crippen LogP contribution in [0.5, 0.6) is 5.75 Å². The summed E-state index contributed by atoms with van der Waals surface area (Å²) in [5.74, 6) is 2.01. The number of pyridine rings is 2. The molecule has 3 aromatic rings. The number of piperazine rings is 1. The number of rotatable bonds is 6. The highest BCUT2D eigenvalue weighted by Crippen LogP contribution is 2.34. The molecular weight excluding hydrogens is 426 g/mol. The van der Waals surface area contributed by atoms with Gasteiger partial charge in [-0.25, -0.2) is 9.97 Å². The topological polar surface area (TPSA) is 97.7 Å². The first kappa shape index (κ1) is 20.8. The summed E-state index contributed by atoms with van der Waals surface area (Å²) < 4.78 is 11.9. The van der Waals surface area contributed by atoms with Gasteiger partial charge in [-0.15, -0.1) is 0 Å². The van der Waals surface area contributed by atoms with Gasteiger partial charge in [0.05, 0.1) is 17.6 Å². The second-order valence-corrected chi connectivity index (χ2v) is 9.31. The molecule has 166 valence electrons. The number of anilines is 1. The first-order valence-corrected chi connectivity index (χ1v) is 11.4. The maximum atomic E-state index is 11.8. The fourth-order valence-corrected chi connectivity index (χ4v) is 5.22. The van der Waals surface area contributed by atoms with Crippen molar-refractivity contribution in [3.05, 3.63) is 54.1 Å². The number of amides is 1. The Morgan fingerprint density at radius 1 is 1.31 bits per heavy atom. The molecule has 2 saturated heterocycles. The molecule has 2 bridgehead atoms. The number of thioether (sulfide) groups is 1. The highest BCUT2D eigenvalue weighted by atomic mass is 32.2. The summed E-state index contributed by atoms with van der Waals surface area (Å²) in [5, 5.41) is 0.470. The van der Waals surface area contributed by atoms with Crippen LogP contribution < -0.4 is 10.5 Å². The molecule has 5 heterocycles. The zero-order chi connectivity index (χ0) is 22.2. The Kier molecular flexibility index (Phi) is 5.52. The Hall–Kier alpha value is -3.04. The van der Waals surface area contributed by atoms with Gasteiger partial charge in [-0.05, 0) is 43.3 Å². The van der Waals surface area contributed by atoms with Gasteiger partial charge >= 0.3 is 0 Å². The molecule has 2 N–H and O–H groups in total. The minimum absolute atomic E-state index is 0.160. The van der Waals surface area contributed by atoms with E-state index >= 15 is 0 Å². The molecule has 2 atom stereocenters. The Balaban J connectivity index is 1.26. The van der Waals surface area contributed by atoms with E-state index in [2.05, 4.69) is 21.4 Å². The van der Waals surface area contributed by atoms with Crippen LogP contribution in [0.15, 0.2) is 57.6 Å². The molecule has 0 aliphatic carbocycles. The number of likely N-dealkylation sites (tertiary alicyclic amines) is 1. The monoisotopic (exact) mass is 451 g/mol. The van der Waals surface area contributed by atoms with Gasteiger partial charge in [0, 0.05) is 50.4 Å². The number of hydrogen-bond acceptors (Lipinski definition) is 8. The van der Waals surface area contributed by atoms with Gasteiger partial charge in [0.2, 0.25) is 5.91 Å². The summed E-state index contributed by atoms with van der Waals surface area (Å²) in [4.78, 5) is 25.5. The zero-order valence-electron chi connectivity index (χ0n) is 17.9. The van der Waals surface area contributed by atoms with Crippen molar-refractivity contribution in [2.45, 2.75) is 43.3 Å². The lowest BCUT2D eigenvalue weighted by Crippen LogP contribution is -2.54. The van der Waals surface area contributed by atoms with Gasteiger partial charge in [0.1, 0.15) is 22.8 Å². The van der Waals surface area contributed by atoms with Crippen LogP contribution in [0.4, 0.5) is 5.82 Å². The number of nitrogens with zero attached hydrogens (tertiary/aromatic N) is 4. The van der Waals surface area contributed by atoms with E-state index in [0.29, 0.717) is 34.3 Å². The van der Waals surface area contributed by atoms with Gasteiger partial charge in [-0.3, -0.25) is 9.69 Å². The molecule has 3 aromatic heterocycles. The molecule has 0 saturated carbocycles. The number of carbonyl (C=O) groups is 1. The van der Waals surface area contributed by atoms with E-state index in [0.717, 1.165) is 48.6 Å². The SMILES string of the molecule is C=C(Oc1cnc2cc(CN3[C@@H]4CC[C@H]3CN(C(C)=O)C4)oc2c1)Sc1cccnc1N. The Bertz CT molecular complexity index is 1170. The van der Waals surface area contributed by atoms with Crippen molar-refractivity contribution in [2.75, 3.05) is 18.8 Å². The third kappa shape index (κ3) is 4.18. The van der Waals surface area contributed by atoms with Crippen LogP contribution in [0.2, 0.25) is 0 Å². The molecule has 2 aliphatic heterocycles. The van der Waals surface area contributed by atoms with Crippen LogP contribution >= 0.6 is 11.8 Å². The third-order valence-electron chi connectivity index (χ3n) is 6.07. The number of carbonyl (C=O) groups excluding carboxylic acids is 1. The van der Waals surface area contributed by atoms with Crippen LogP contribution in [0.3, 0.4) is 0 Å². The summed E-state index contributed by atoms with van der Waals surface area (Å²) in [7, 11) is 0. The third-order valence-corrected chi connectivity index (χ3v) is 6.94. The van der Waals surface area contributed by atoms with Crippen LogP contribution in [0.1, 0.15) is 25.5 Å². The molecule has 0 unspecified atom stereocenters. The molecule has 1 amide bonds. The molecule has 2 fully saturated rings. The van der Waals surface area contributed by atoms with E-state index in [-0.39, 0.29) is 5.91 Å². The van der Waals surface area contributed by atoms with Gasteiger partial charge in [0.25, 0.3) is 0 Å². The Morgan fingerprint density at radius 3 is 2.81 bits per heavy atom. The van der Waals surface area contributed by atoms with Crippen LogP contribution in [-0.4, -0.2) is 50.8 Å². The molecule has 5 rings (SSSR count). The van der Waals surface area contributed by atoms with Crippen molar-refractivity contribution in [2.24, 2.45) is 0 Å². The molecule has 0 aromatic carbocycles. The number of ether oxygens (including phenoxy) is 1. The van der Waals surface area contributed by atoms with Crippen LogP contribution in [-0.2, 0) is 11.3 Å². The number of furan rings is 1. The summed E-state index contributed by atoms with van der Waals surface area (Å²) in [6, 6.07) is 8.26. The smallest absolute Gasteiger partial charge is 0.219 e. The minimum atomic E-state index is 0.160. The first-order chi connectivity index (χ1) is 15.5. The predicted molar refractivity (Wildman–Crippen MR) is 123 cm³/mol. The van der Waals surface area contributed by atoms with Crippen molar-refractivity contribution < 1.29 is 13.9 Å². The van der Waals surface area contributed by atoms with Crippen molar-refractivity contribution in [1.82, 2.24) is 19.8 Å². The summed E-state index contributed by atoms with van der Waals surface area (Å²) >= 11 is 1.31. The Morgan fingerprint density at radius 2 is 2.09 bits per heavy atom. The highest BCUT2D eigenvalue weighted by Gasteiger charge is 2.40. The van der Waals surface area contributed by atoms with E-state index in [1.165, 1.54) is 11.8 Å². The quantitative estimate of drug-likeness (QED) is 0.448. The van der Waals surface area contributed by atoms with E-state index in [9.17, 15) is 4.79 Å². The number of fused-ring (bicyclic) bond motifs is 3. The standard InChI is InChI=1S/C23H25N5O3S/c1-14(29)27-11-16-5-6-17(12-27)28(16)13-19-8-20-21(31-19)9-18(10-26-20)30-15(2)32-22-4-3-7-25-23(22)24/h3-4,7-10,16-17H,2,5-6,11-13H2,1H3,(H2,24,25)/t16-,17+. The second kappa shape index (κ2) is 8.48. The zero-order valence-corrected chi connectivity index (χ0v) is 18.7. The fourth-order valence-electron chi connectivity index (χ4n) is 4.53. The largest absolute Gasteiger partial charge is 0.458 e. The maximum absolute atomic E-state index is 11.8. The molecular formula is C23H25N5O3S.